The van der Waals surface area contributed by atoms with Crippen molar-refractivity contribution in [2.75, 3.05) is 34.4 Å². The second-order valence-corrected chi connectivity index (χ2v) is 7.00. The molecule has 156 valence electrons. The van der Waals surface area contributed by atoms with Crippen molar-refractivity contribution in [2.45, 2.75) is 25.4 Å². The number of amides is 1. The maximum Gasteiger partial charge on any atom is 0.255 e. The molecule has 2 aromatic carbocycles. The van der Waals surface area contributed by atoms with Crippen molar-refractivity contribution < 1.29 is 23.4 Å². The van der Waals surface area contributed by atoms with Crippen molar-refractivity contribution in [3.8, 4) is 17.2 Å². The summed E-state index contributed by atoms with van der Waals surface area (Å²) in [6, 6.07) is 10.3. The number of likely N-dealkylation sites (tertiary alicyclic amines) is 1. The Kier molecular flexibility index (Phi) is 6.93. The monoisotopic (exact) mass is 402 g/mol. The van der Waals surface area contributed by atoms with E-state index in [-0.39, 0.29) is 17.8 Å². The second kappa shape index (κ2) is 9.60. The number of carbonyl (C=O) groups excluding carboxylic acids is 1. The Labute approximate surface area is 170 Å². The minimum Gasteiger partial charge on any atom is -0.493 e. The number of hydrogen-bond acceptors (Lipinski definition) is 5. The van der Waals surface area contributed by atoms with E-state index in [4.69, 9.17) is 14.2 Å². The van der Waals surface area contributed by atoms with E-state index in [1.54, 1.807) is 18.2 Å². The van der Waals surface area contributed by atoms with Gasteiger partial charge in [0.15, 0.2) is 11.5 Å². The number of nitrogens with zero attached hydrogens (tertiary/aromatic N) is 1. The molecule has 0 bridgehead atoms. The predicted octanol–water partition coefficient (Wildman–Crippen LogP) is 3.25. The minimum atomic E-state index is -0.213. The van der Waals surface area contributed by atoms with Gasteiger partial charge in [-0.05, 0) is 31.0 Å². The Bertz CT molecular complexity index is 851. The molecule has 0 radical (unpaired) electrons. The van der Waals surface area contributed by atoms with Gasteiger partial charge in [-0.2, -0.15) is 0 Å². The number of benzene rings is 2. The first kappa shape index (κ1) is 20.9. The Morgan fingerprint density at radius 2 is 1.72 bits per heavy atom. The summed E-state index contributed by atoms with van der Waals surface area (Å²) in [6.45, 7) is 2.17. The first-order valence-corrected chi connectivity index (χ1v) is 9.63. The third kappa shape index (κ3) is 4.79. The molecular weight excluding hydrogens is 375 g/mol. The molecule has 0 atom stereocenters. The van der Waals surface area contributed by atoms with Crippen LogP contribution in [0.25, 0.3) is 0 Å². The summed E-state index contributed by atoms with van der Waals surface area (Å²) < 4.78 is 29.9. The van der Waals surface area contributed by atoms with Gasteiger partial charge in [0.25, 0.3) is 5.91 Å². The van der Waals surface area contributed by atoms with Crippen LogP contribution in [0, 0.1) is 5.82 Å². The highest BCUT2D eigenvalue weighted by Gasteiger charge is 2.25. The molecule has 7 heteroatoms. The van der Waals surface area contributed by atoms with Crippen LogP contribution in [0.4, 0.5) is 4.39 Å². The van der Waals surface area contributed by atoms with Crippen molar-refractivity contribution in [2.24, 2.45) is 0 Å². The first-order valence-electron chi connectivity index (χ1n) is 9.63. The lowest BCUT2D eigenvalue weighted by Gasteiger charge is -2.32. The molecule has 1 aliphatic heterocycles. The molecule has 1 aliphatic rings. The van der Waals surface area contributed by atoms with Gasteiger partial charge in [-0.25, -0.2) is 4.39 Å². The summed E-state index contributed by atoms with van der Waals surface area (Å²) in [5, 5.41) is 3.08. The van der Waals surface area contributed by atoms with Crippen LogP contribution >= 0.6 is 0 Å². The van der Waals surface area contributed by atoms with E-state index >= 15 is 0 Å². The SMILES string of the molecule is COc1ccc(C(=O)NC2CCN(Cc3ccccc3F)CC2)c(OC)c1OC. The fourth-order valence-electron chi connectivity index (χ4n) is 3.65. The van der Waals surface area contributed by atoms with Crippen molar-refractivity contribution in [1.82, 2.24) is 10.2 Å². The van der Waals surface area contributed by atoms with E-state index in [1.165, 1.54) is 27.4 Å². The summed E-state index contributed by atoms with van der Waals surface area (Å²) in [6.07, 6.45) is 1.60. The van der Waals surface area contributed by atoms with Crippen LogP contribution in [0.2, 0.25) is 0 Å². The highest BCUT2D eigenvalue weighted by molar-refractivity contribution is 5.98. The van der Waals surface area contributed by atoms with Gasteiger partial charge in [-0.15, -0.1) is 0 Å². The lowest BCUT2D eigenvalue weighted by Crippen LogP contribution is -2.44. The van der Waals surface area contributed by atoms with Crippen molar-refractivity contribution in [1.29, 1.82) is 0 Å². The molecule has 0 aromatic heterocycles. The smallest absolute Gasteiger partial charge is 0.255 e. The molecule has 0 spiro atoms. The van der Waals surface area contributed by atoms with E-state index in [0.29, 0.717) is 34.9 Å². The van der Waals surface area contributed by atoms with E-state index in [2.05, 4.69) is 10.2 Å². The topological polar surface area (TPSA) is 60.0 Å². The Morgan fingerprint density at radius 1 is 1.03 bits per heavy atom. The van der Waals surface area contributed by atoms with E-state index < -0.39 is 0 Å². The quantitative estimate of drug-likeness (QED) is 0.771. The average molecular weight is 402 g/mol. The van der Waals surface area contributed by atoms with Crippen molar-refractivity contribution in [3.05, 3.63) is 53.3 Å². The Hall–Kier alpha value is -2.80. The zero-order valence-electron chi connectivity index (χ0n) is 17.0. The molecular formula is C22H27FN2O4. The fraction of sp³-hybridized carbons (Fsp3) is 0.409. The summed E-state index contributed by atoms with van der Waals surface area (Å²) in [5.41, 5.74) is 1.10. The van der Waals surface area contributed by atoms with Crippen LogP contribution in [0.1, 0.15) is 28.8 Å². The van der Waals surface area contributed by atoms with Gasteiger partial charge >= 0.3 is 0 Å². The molecule has 3 rings (SSSR count). The van der Waals surface area contributed by atoms with Crippen LogP contribution in [-0.2, 0) is 6.54 Å². The molecule has 0 saturated carbocycles. The van der Waals surface area contributed by atoms with Crippen LogP contribution in [0.15, 0.2) is 36.4 Å². The number of methoxy groups -OCH3 is 3. The lowest BCUT2D eigenvalue weighted by molar-refractivity contribution is 0.0905. The summed E-state index contributed by atoms with van der Waals surface area (Å²) in [4.78, 5) is 15.0. The van der Waals surface area contributed by atoms with Gasteiger partial charge in [0.05, 0.1) is 26.9 Å². The highest BCUT2D eigenvalue weighted by Crippen LogP contribution is 2.39. The second-order valence-electron chi connectivity index (χ2n) is 7.00. The van der Waals surface area contributed by atoms with Crippen LogP contribution in [0.5, 0.6) is 17.2 Å². The van der Waals surface area contributed by atoms with Gasteiger partial charge < -0.3 is 19.5 Å². The number of nitrogens with one attached hydrogen (secondary N) is 1. The number of piperidine rings is 1. The standard InChI is InChI=1S/C22H27FN2O4/c1-27-19-9-8-17(20(28-2)21(19)29-3)22(26)24-16-10-12-25(13-11-16)14-15-6-4-5-7-18(15)23/h4-9,16H,10-14H2,1-3H3,(H,24,26). The molecule has 1 fully saturated rings. The number of halogens is 1. The fourth-order valence-corrected chi connectivity index (χ4v) is 3.65. The number of ether oxygens (including phenoxy) is 3. The molecule has 29 heavy (non-hydrogen) atoms. The summed E-state index contributed by atoms with van der Waals surface area (Å²) in [5.74, 6) is 0.852. The maximum atomic E-state index is 13.9. The van der Waals surface area contributed by atoms with Gasteiger partial charge in [0.1, 0.15) is 5.82 Å². The third-order valence-electron chi connectivity index (χ3n) is 5.22. The van der Waals surface area contributed by atoms with Gasteiger partial charge in [0.2, 0.25) is 5.75 Å². The van der Waals surface area contributed by atoms with Crippen LogP contribution in [0.3, 0.4) is 0 Å². The molecule has 1 heterocycles. The summed E-state index contributed by atoms with van der Waals surface area (Å²) in [7, 11) is 4.54. The Balaban J connectivity index is 1.61. The van der Waals surface area contributed by atoms with Gasteiger partial charge in [0, 0.05) is 31.2 Å². The van der Waals surface area contributed by atoms with Crippen LogP contribution in [-0.4, -0.2) is 51.3 Å². The maximum absolute atomic E-state index is 13.9. The summed E-state index contributed by atoms with van der Waals surface area (Å²) >= 11 is 0. The lowest BCUT2D eigenvalue weighted by atomic mass is 10.0. The predicted molar refractivity (Wildman–Crippen MR) is 108 cm³/mol. The molecule has 0 aliphatic carbocycles. The Morgan fingerprint density at radius 3 is 2.34 bits per heavy atom. The van der Waals surface area contributed by atoms with Crippen molar-refractivity contribution in [3.63, 3.8) is 0 Å². The zero-order chi connectivity index (χ0) is 20.8. The molecule has 2 aromatic rings. The molecule has 1 saturated heterocycles. The molecule has 0 unspecified atom stereocenters. The number of carbonyl (C=O) groups is 1. The number of hydrogen-bond donors (Lipinski definition) is 1. The van der Waals surface area contributed by atoms with E-state index in [0.717, 1.165) is 25.9 Å². The molecule has 1 amide bonds. The number of rotatable bonds is 7. The van der Waals surface area contributed by atoms with Crippen LogP contribution < -0.4 is 19.5 Å². The average Bonchev–Trinajstić information content (AvgIpc) is 2.75. The first-order chi connectivity index (χ1) is 14.1. The van der Waals surface area contributed by atoms with Gasteiger partial charge in [-0.3, -0.25) is 9.69 Å². The minimum absolute atomic E-state index is 0.0529. The third-order valence-corrected chi connectivity index (χ3v) is 5.22. The van der Waals surface area contributed by atoms with E-state index in [1.807, 2.05) is 12.1 Å². The van der Waals surface area contributed by atoms with Crippen molar-refractivity contribution >= 4 is 5.91 Å². The van der Waals surface area contributed by atoms with Gasteiger partial charge in [-0.1, -0.05) is 18.2 Å². The normalized spacial score (nSPS) is 15.0. The van der Waals surface area contributed by atoms with E-state index in [9.17, 15) is 9.18 Å². The molecule has 1 N–H and O–H groups in total. The zero-order valence-corrected chi connectivity index (χ0v) is 17.0. The largest absolute Gasteiger partial charge is 0.493 e. The highest BCUT2D eigenvalue weighted by atomic mass is 19.1. The molecule has 6 nitrogen and oxygen atoms in total.